The molecule has 0 aromatic heterocycles. The normalized spacial score (nSPS) is 32.1. The van der Waals surface area contributed by atoms with Gasteiger partial charge >= 0.3 is 0 Å². The second-order valence-corrected chi connectivity index (χ2v) is 8.59. The third-order valence-corrected chi connectivity index (χ3v) is 5.93. The van der Waals surface area contributed by atoms with Crippen LogP contribution in [0.4, 0.5) is 0 Å². The molecule has 4 N–H and O–H groups in total. The van der Waals surface area contributed by atoms with E-state index in [9.17, 15) is 9.90 Å². The Morgan fingerprint density at radius 2 is 1.78 bits per heavy atom. The van der Waals surface area contributed by atoms with Crippen molar-refractivity contribution in [2.24, 2.45) is 34.8 Å². The molecule has 136 valence electrons. The molecule has 2 bridgehead atoms. The maximum absolute atomic E-state index is 12.5. The van der Waals surface area contributed by atoms with Crippen LogP contribution in [0.15, 0.2) is 0 Å². The van der Waals surface area contributed by atoms with Gasteiger partial charge in [-0.15, -0.1) is 12.4 Å². The van der Waals surface area contributed by atoms with Crippen molar-refractivity contribution in [1.82, 2.24) is 5.32 Å². The SMILES string of the molecule is CC(C)C(O)C(C)(C)CNC(=O)C1CC2CCCC(C1)C2N.Cl. The van der Waals surface area contributed by atoms with Gasteiger partial charge in [-0.25, -0.2) is 0 Å². The first-order valence-electron chi connectivity index (χ1n) is 8.93. The molecule has 0 spiro atoms. The number of hydrogen-bond acceptors (Lipinski definition) is 3. The molecule has 2 aliphatic carbocycles. The Morgan fingerprint density at radius 1 is 1.26 bits per heavy atom. The fourth-order valence-electron chi connectivity index (χ4n) is 4.47. The van der Waals surface area contributed by atoms with E-state index in [0.717, 1.165) is 12.8 Å². The highest BCUT2D eigenvalue weighted by molar-refractivity contribution is 5.85. The number of nitrogens with one attached hydrogen (secondary N) is 1. The maximum Gasteiger partial charge on any atom is 0.223 e. The molecule has 2 fully saturated rings. The fraction of sp³-hybridized carbons (Fsp3) is 0.944. The van der Waals surface area contributed by atoms with Gasteiger partial charge in [0.1, 0.15) is 0 Å². The van der Waals surface area contributed by atoms with Gasteiger partial charge in [-0.1, -0.05) is 34.1 Å². The molecule has 3 unspecified atom stereocenters. The monoisotopic (exact) mass is 346 g/mol. The largest absolute Gasteiger partial charge is 0.392 e. The van der Waals surface area contributed by atoms with Gasteiger partial charge in [-0.2, -0.15) is 0 Å². The summed E-state index contributed by atoms with van der Waals surface area (Å²) < 4.78 is 0. The van der Waals surface area contributed by atoms with Crippen LogP contribution in [0.3, 0.4) is 0 Å². The zero-order chi connectivity index (χ0) is 16.5. The van der Waals surface area contributed by atoms with Crippen molar-refractivity contribution in [1.29, 1.82) is 0 Å². The number of aliphatic hydroxyl groups is 1. The lowest BCUT2D eigenvalue weighted by Crippen LogP contribution is -2.50. The number of aliphatic hydroxyl groups excluding tert-OH is 1. The van der Waals surface area contributed by atoms with Gasteiger partial charge in [0.15, 0.2) is 0 Å². The van der Waals surface area contributed by atoms with E-state index in [1.54, 1.807) is 0 Å². The van der Waals surface area contributed by atoms with Gasteiger partial charge in [0.25, 0.3) is 0 Å². The van der Waals surface area contributed by atoms with E-state index >= 15 is 0 Å². The molecule has 23 heavy (non-hydrogen) atoms. The summed E-state index contributed by atoms with van der Waals surface area (Å²) in [5.41, 5.74) is 6.00. The summed E-state index contributed by atoms with van der Waals surface area (Å²) in [6, 6.07) is 0.303. The van der Waals surface area contributed by atoms with Crippen LogP contribution in [0.2, 0.25) is 0 Å². The lowest BCUT2D eigenvalue weighted by Gasteiger charge is -2.43. The van der Waals surface area contributed by atoms with Crippen LogP contribution in [0, 0.1) is 29.1 Å². The van der Waals surface area contributed by atoms with Gasteiger partial charge in [-0.05, 0) is 43.4 Å². The Hall–Kier alpha value is -0.320. The highest BCUT2D eigenvalue weighted by Gasteiger charge is 2.41. The first-order valence-corrected chi connectivity index (χ1v) is 8.93. The minimum Gasteiger partial charge on any atom is -0.392 e. The van der Waals surface area contributed by atoms with E-state index in [2.05, 4.69) is 5.32 Å². The summed E-state index contributed by atoms with van der Waals surface area (Å²) in [6.07, 6.45) is 5.10. The Balaban J connectivity index is 0.00000264. The van der Waals surface area contributed by atoms with E-state index in [0.29, 0.717) is 24.4 Å². The molecule has 2 rings (SSSR count). The smallest absolute Gasteiger partial charge is 0.223 e. The Morgan fingerprint density at radius 3 is 2.26 bits per heavy atom. The van der Waals surface area contributed by atoms with Crippen LogP contribution < -0.4 is 11.1 Å². The topological polar surface area (TPSA) is 75.3 Å². The van der Waals surface area contributed by atoms with E-state index in [1.807, 2.05) is 27.7 Å². The first-order chi connectivity index (χ1) is 10.2. The van der Waals surface area contributed by atoms with Crippen LogP contribution >= 0.6 is 12.4 Å². The third kappa shape index (κ3) is 4.83. The number of carbonyl (C=O) groups excluding carboxylic acids is 1. The summed E-state index contributed by atoms with van der Waals surface area (Å²) in [5.74, 6) is 1.52. The summed E-state index contributed by atoms with van der Waals surface area (Å²) in [6.45, 7) is 8.59. The summed E-state index contributed by atoms with van der Waals surface area (Å²) in [4.78, 5) is 12.5. The van der Waals surface area contributed by atoms with E-state index in [4.69, 9.17) is 5.73 Å². The van der Waals surface area contributed by atoms with Crippen LogP contribution in [-0.4, -0.2) is 29.7 Å². The van der Waals surface area contributed by atoms with Crippen molar-refractivity contribution in [3.05, 3.63) is 0 Å². The number of halogens is 1. The molecule has 4 nitrogen and oxygen atoms in total. The number of hydrogen-bond donors (Lipinski definition) is 3. The molecule has 5 heteroatoms. The molecular weight excluding hydrogens is 312 g/mol. The average molecular weight is 347 g/mol. The highest BCUT2D eigenvalue weighted by Crippen LogP contribution is 2.42. The molecule has 0 aromatic rings. The lowest BCUT2D eigenvalue weighted by atomic mass is 9.65. The lowest BCUT2D eigenvalue weighted by molar-refractivity contribution is -0.128. The number of fused-ring (bicyclic) bond motifs is 2. The quantitative estimate of drug-likeness (QED) is 0.716. The van der Waals surface area contributed by atoms with Crippen LogP contribution in [0.5, 0.6) is 0 Å². The van der Waals surface area contributed by atoms with Crippen LogP contribution in [-0.2, 0) is 4.79 Å². The van der Waals surface area contributed by atoms with Crippen molar-refractivity contribution in [2.75, 3.05) is 6.54 Å². The zero-order valence-electron chi connectivity index (χ0n) is 15.0. The second kappa shape index (κ2) is 8.17. The van der Waals surface area contributed by atoms with Crippen molar-refractivity contribution in [3.8, 4) is 0 Å². The van der Waals surface area contributed by atoms with E-state index in [1.165, 1.54) is 19.3 Å². The summed E-state index contributed by atoms with van der Waals surface area (Å²) >= 11 is 0. The summed E-state index contributed by atoms with van der Waals surface area (Å²) in [7, 11) is 0. The molecule has 2 saturated carbocycles. The minimum absolute atomic E-state index is 0. The molecule has 3 atom stereocenters. The molecule has 0 aliphatic heterocycles. The van der Waals surface area contributed by atoms with E-state index in [-0.39, 0.29) is 35.6 Å². The predicted molar refractivity (Wildman–Crippen MR) is 96.4 cm³/mol. The van der Waals surface area contributed by atoms with Crippen LogP contribution in [0.1, 0.15) is 59.8 Å². The number of rotatable bonds is 5. The standard InChI is InChI=1S/C18H34N2O2.ClH/c1-11(2)16(21)18(3,4)10-20-17(22)14-8-12-6-5-7-13(9-14)15(12)19;/h11-16,21H,5-10,19H2,1-4H3,(H,20,22);1H. The van der Waals surface area contributed by atoms with Crippen molar-refractivity contribution < 1.29 is 9.90 Å². The van der Waals surface area contributed by atoms with E-state index < -0.39 is 6.10 Å². The minimum atomic E-state index is -0.410. The molecular formula is C18H35ClN2O2. The Bertz CT molecular complexity index is 386. The van der Waals surface area contributed by atoms with Crippen LogP contribution in [0.25, 0.3) is 0 Å². The molecule has 0 heterocycles. The number of amides is 1. The second-order valence-electron chi connectivity index (χ2n) is 8.59. The highest BCUT2D eigenvalue weighted by atomic mass is 35.5. The predicted octanol–water partition coefficient (Wildman–Crippen LogP) is 2.72. The number of carbonyl (C=O) groups is 1. The Kier molecular flexibility index (Phi) is 7.36. The van der Waals surface area contributed by atoms with Crippen molar-refractivity contribution in [3.63, 3.8) is 0 Å². The van der Waals surface area contributed by atoms with Gasteiger partial charge in [0.2, 0.25) is 5.91 Å². The maximum atomic E-state index is 12.5. The van der Waals surface area contributed by atoms with Gasteiger partial charge < -0.3 is 16.2 Å². The molecule has 0 aromatic carbocycles. The van der Waals surface area contributed by atoms with Gasteiger partial charge in [0.05, 0.1) is 6.10 Å². The first kappa shape index (κ1) is 20.7. The summed E-state index contributed by atoms with van der Waals surface area (Å²) in [5, 5.41) is 13.4. The van der Waals surface area contributed by atoms with Gasteiger partial charge in [-0.3, -0.25) is 4.79 Å². The zero-order valence-corrected chi connectivity index (χ0v) is 15.9. The molecule has 0 saturated heterocycles. The molecule has 1 amide bonds. The van der Waals surface area contributed by atoms with Gasteiger partial charge in [0, 0.05) is 23.9 Å². The average Bonchev–Trinajstić information content (AvgIpc) is 2.43. The van der Waals surface area contributed by atoms with Crippen molar-refractivity contribution in [2.45, 2.75) is 71.9 Å². The number of nitrogens with two attached hydrogens (primary N) is 1. The molecule has 2 aliphatic rings. The Labute approximate surface area is 147 Å². The third-order valence-electron chi connectivity index (χ3n) is 5.93. The van der Waals surface area contributed by atoms with Crippen molar-refractivity contribution >= 4 is 18.3 Å². The molecule has 0 radical (unpaired) electrons. The fourth-order valence-corrected chi connectivity index (χ4v) is 4.47.